The highest BCUT2D eigenvalue weighted by Gasteiger charge is 2.22. The number of fused-ring (bicyclic) bond motifs is 1. The normalized spacial score (nSPS) is 15.9. The number of aromatic nitrogens is 2. The molecule has 1 aromatic carbocycles. The van der Waals surface area contributed by atoms with Gasteiger partial charge in [0.1, 0.15) is 11.0 Å². The molecule has 0 saturated carbocycles. The highest BCUT2D eigenvalue weighted by Crippen LogP contribution is 2.16. The van der Waals surface area contributed by atoms with Gasteiger partial charge in [0.15, 0.2) is 0 Å². The van der Waals surface area contributed by atoms with Crippen molar-refractivity contribution < 1.29 is 9.59 Å². The lowest BCUT2D eigenvalue weighted by Gasteiger charge is -2.22. The third kappa shape index (κ3) is 2.94. The molecular weight excluding hydrogens is 300 g/mol. The summed E-state index contributed by atoms with van der Waals surface area (Å²) in [4.78, 5) is 28.1. The number of benzene rings is 1. The summed E-state index contributed by atoms with van der Waals surface area (Å²) in [5, 5.41) is 0. The van der Waals surface area contributed by atoms with E-state index in [1.54, 1.807) is 12.1 Å². The largest absolute Gasteiger partial charge is 0.341 e. The highest BCUT2D eigenvalue weighted by atomic mass is 32.1. The molecule has 0 atom stereocenters. The molecule has 1 fully saturated rings. The van der Waals surface area contributed by atoms with E-state index in [2.05, 4.69) is 8.75 Å². The van der Waals surface area contributed by atoms with Crippen LogP contribution in [-0.4, -0.2) is 56.5 Å². The van der Waals surface area contributed by atoms with Crippen molar-refractivity contribution in [2.45, 2.75) is 19.8 Å². The molecule has 22 heavy (non-hydrogen) atoms. The maximum Gasteiger partial charge on any atom is 0.253 e. The van der Waals surface area contributed by atoms with Crippen LogP contribution in [0.4, 0.5) is 0 Å². The minimum Gasteiger partial charge on any atom is -0.341 e. The highest BCUT2D eigenvalue weighted by molar-refractivity contribution is 7.00. The third-order valence-corrected chi connectivity index (χ3v) is 4.50. The van der Waals surface area contributed by atoms with Crippen LogP contribution in [0.3, 0.4) is 0 Å². The van der Waals surface area contributed by atoms with E-state index in [0.717, 1.165) is 35.7 Å². The van der Waals surface area contributed by atoms with Crippen molar-refractivity contribution >= 4 is 34.6 Å². The van der Waals surface area contributed by atoms with Gasteiger partial charge in [0.05, 0.1) is 11.7 Å². The molecule has 3 rings (SSSR count). The van der Waals surface area contributed by atoms with Crippen LogP contribution in [0.2, 0.25) is 0 Å². The molecular formula is C15H18N4O2S. The zero-order valence-corrected chi connectivity index (χ0v) is 13.3. The first-order valence-electron chi connectivity index (χ1n) is 7.48. The monoisotopic (exact) mass is 318 g/mol. The molecule has 2 amide bonds. The molecule has 0 bridgehead atoms. The second kappa shape index (κ2) is 6.39. The van der Waals surface area contributed by atoms with Crippen LogP contribution in [-0.2, 0) is 4.79 Å². The second-order valence-electron chi connectivity index (χ2n) is 5.35. The van der Waals surface area contributed by atoms with Gasteiger partial charge < -0.3 is 9.80 Å². The van der Waals surface area contributed by atoms with Crippen LogP contribution in [0.15, 0.2) is 18.2 Å². The van der Waals surface area contributed by atoms with Crippen LogP contribution in [0.25, 0.3) is 11.0 Å². The van der Waals surface area contributed by atoms with Gasteiger partial charge in [-0.15, -0.1) is 0 Å². The van der Waals surface area contributed by atoms with Crippen molar-refractivity contribution in [2.75, 3.05) is 26.2 Å². The summed E-state index contributed by atoms with van der Waals surface area (Å²) in [6.45, 7) is 4.47. The van der Waals surface area contributed by atoms with Crippen LogP contribution >= 0.6 is 11.7 Å². The topological polar surface area (TPSA) is 66.4 Å². The number of carbonyl (C=O) groups is 2. The van der Waals surface area contributed by atoms with Crippen LogP contribution in [0.1, 0.15) is 30.1 Å². The van der Waals surface area contributed by atoms with E-state index in [9.17, 15) is 9.59 Å². The Labute approximate surface area is 133 Å². The van der Waals surface area contributed by atoms with Gasteiger partial charge in [-0.25, -0.2) is 0 Å². The Hall–Kier alpha value is -2.02. The Balaban J connectivity index is 1.73. The Morgan fingerprint density at radius 3 is 2.64 bits per heavy atom. The minimum atomic E-state index is 0.000646. The molecule has 2 heterocycles. The number of hydrogen-bond donors (Lipinski definition) is 0. The standard InChI is InChI=1S/C15H18N4O2S/c1-2-14(20)18-6-3-7-19(9-8-18)15(21)11-4-5-12-13(10-11)17-22-16-12/h4-5,10H,2-3,6-9H2,1H3. The van der Waals surface area contributed by atoms with Gasteiger partial charge in [0, 0.05) is 38.2 Å². The predicted molar refractivity (Wildman–Crippen MR) is 84.8 cm³/mol. The van der Waals surface area contributed by atoms with Crippen molar-refractivity contribution in [1.29, 1.82) is 0 Å². The summed E-state index contributed by atoms with van der Waals surface area (Å²) >= 11 is 1.15. The van der Waals surface area contributed by atoms with E-state index in [-0.39, 0.29) is 11.8 Å². The quantitative estimate of drug-likeness (QED) is 0.846. The maximum atomic E-state index is 12.6. The summed E-state index contributed by atoms with van der Waals surface area (Å²) in [6.07, 6.45) is 1.33. The molecule has 1 aliphatic heterocycles. The van der Waals surface area contributed by atoms with E-state index in [0.29, 0.717) is 31.6 Å². The molecule has 0 radical (unpaired) electrons. The lowest BCUT2D eigenvalue weighted by molar-refractivity contribution is -0.130. The molecule has 6 nitrogen and oxygen atoms in total. The Kier molecular flexibility index (Phi) is 4.33. The van der Waals surface area contributed by atoms with Crippen molar-refractivity contribution in [3.05, 3.63) is 23.8 Å². The summed E-state index contributed by atoms with van der Waals surface area (Å²) in [7, 11) is 0. The van der Waals surface area contributed by atoms with Crippen molar-refractivity contribution in [3.8, 4) is 0 Å². The van der Waals surface area contributed by atoms with Gasteiger partial charge in [-0.2, -0.15) is 8.75 Å². The Bertz CT molecular complexity index is 700. The predicted octanol–water partition coefficient (Wildman–Crippen LogP) is 1.78. The molecule has 0 unspecified atom stereocenters. The molecule has 7 heteroatoms. The van der Waals surface area contributed by atoms with E-state index in [4.69, 9.17) is 0 Å². The minimum absolute atomic E-state index is 0.000646. The molecule has 1 saturated heterocycles. The first-order valence-corrected chi connectivity index (χ1v) is 8.21. The lowest BCUT2D eigenvalue weighted by atomic mass is 10.1. The smallest absolute Gasteiger partial charge is 0.253 e. The fraction of sp³-hybridized carbons (Fsp3) is 0.467. The fourth-order valence-electron chi connectivity index (χ4n) is 2.69. The van der Waals surface area contributed by atoms with Gasteiger partial charge >= 0.3 is 0 Å². The van der Waals surface area contributed by atoms with Crippen LogP contribution in [0, 0.1) is 0 Å². The zero-order valence-electron chi connectivity index (χ0n) is 12.5. The molecule has 1 aromatic heterocycles. The number of nitrogens with zero attached hydrogens (tertiary/aromatic N) is 4. The SMILES string of the molecule is CCC(=O)N1CCCN(C(=O)c2ccc3nsnc3c2)CC1. The van der Waals surface area contributed by atoms with E-state index < -0.39 is 0 Å². The zero-order chi connectivity index (χ0) is 15.5. The lowest BCUT2D eigenvalue weighted by Crippen LogP contribution is -2.37. The average molecular weight is 318 g/mol. The molecule has 0 aliphatic carbocycles. The van der Waals surface area contributed by atoms with Gasteiger partial charge in [0.2, 0.25) is 5.91 Å². The maximum absolute atomic E-state index is 12.6. The molecule has 116 valence electrons. The fourth-order valence-corrected chi connectivity index (χ4v) is 3.21. The summed E-state index contributed by atoms with van der Waals surface area (Å²) in [5.74, 6) is 0.157. The molecule has 2 aromatic rings. The van der Waals surface area contributed by atoms with Crippen molar-refractivity contribution in [3.63, 3.8) is 0 Å². The first-order chi connectivity index (χ1) is 10.7. The van der Waals surface area contributed by atoms with Gasteiger partial charge in [0.25, 0.3) is 5.91 Å². The Morgan fingerprint density at radius 1 is 1.09 bits per heavy atom. The molecule has 0 N–H and O–H groups in total. The van der Waals surface area contributed by atoms with E-state index in [1.807, 2.05) is 22.8 Å². The van der Waals surface area contributed by atoms with Crippen LogP contribution in [0.5, 0.6) is 0 Å². The summed E-state index contributed by atoms with van der Waals surface area (Å²) < 4.78 is 8.33. The third-order valence-electron chi connectivity index (χ3n) is 3.94. The molecule has 1 aliphatic rings. The second-order valence-corrected chi connectivity index (χ2v) is 5.88. The van der Waals surface area contributed by atoms with Crippen LogP contribution < -0.4 is 0 Å². The average Bonchev–Trinajstić information content (AvgIpc) is 2.88. The molecule has 0 spiro atoms. The number of rotatable bonds is 2. The number of hydrogen-bond acceptors (Lipinski definition) is 5. The summed E-state index contributed by atoms with van der Waals surface area (Å²) in [5.41, 5.74) is 2.21. The van der Waals surface area contributed by atoms with Crippen molar-refractivity contribution in [2.24, 2.45) is 0 Å². The van der Waals surface area contributed by atoms with Gasteiger partial charge in [-0.3, -0.25) is 9.59 Å². The first kappa shape index (κ1) is 14.9. The summed E-state index contributed by atoms with van der Waals surface area (Å²) in [6, 6.07) is 5.42. The Morgan fingerprint density at radius 2 is 1.82 bits per heavy atom. The van der Waals surface area contributed by atoms with Crippen molar-refractivity contribution in [1.82, 2.24) is 18.5 Å². The number of amides is 2. The van der Waals surface area contributed by atoms with Gasteiger partial charge in [-0.05, 0) is 24.6 Å². The number of carbonyl (C=O) groups excluding carboxylic acids is 2. The van der Waals surface area contributed by atoms with Gasteiger partial charge in [-0.1, -0.05) is 6.92 Å². The van der Waals surface area contributed by atoms with E-state index >= 15 is 0 Å². The van der Waals surface area contributed by atoms with E-state index in [1.165, 1.54) is 0 Å².